The molecule has 2 atom stereocenters. The van der Waals surface area contributed by atoms with Gasteiger partial charge >= 0.3 is 12.1 Å². The van der Waals surface area contributed by atoms with Gasteiger partial charge in [-0.3, -0.25) is 4.79 Å². The summed E-state index contributed by atoms with van der Waals surface area (Å²) in [4.78, 5) is 10.6. The molecular formula is C8H13F3N2O. The van der Waals surface area contributed by atoms with Crippen LogP contribution in [0.3, 0.4) is 0 Å². The van der Waals surface area contributed by atoms with E-state index in [0.717, 1.165) is 0 Å². The quantitative estimate of drug-likeness (QED) is 0.667. The molecule has 1 heterocycles. The molecule has 82 valence electrons. The fourth-order valence-corrected chi connectivity index (χ4v) is 1.48. The van der Waals surface area contributed by atoms with Crippen molar-refractivity contribution in [3.63, 3.8) is 0 Å². The zero-order chi connectivity index (χ0) is 10.8. The maximum Gasteiger partial charge on any atom is 0.471 e. The van der Waals surface area contributed by atoms with Gasteiger partial charge in [0.15, 0.2) is 0 Å². The molecule has 6 heteroatoms. The summed E-state index contributed by atoms with van der Waals surface area (Å²) in [6.45, 7) is 3.10. The molecule has 1 aliphatic heterocycles. The largest absolute Gasteiger partial charge is 0.471 e. The number of halogens is 3. The molecular weight excluding hydrogens is 197 g/mol. The Bertz CT molecular complexity index is 217. The minimum absolute atomic E-state index is 0.0371. The van der Waals surface area contributed by atoms with Crippen LogP contribution in [0.25, 0.3) is 0 Å². The van der Waals surface area contributed by atoms with Crippen LogP contribution in [0, 0.1) is 5.92 Å². The van der Waals surface area contributed by atoms with E-state index in [1.54, 1.807) is 0 Å². The van der Waals surface area contributed by atoms with Gasteiger partial charge in [-0.15, -0.1) is 0 Å². The highest BCUT2D eigenvalue weighted by molar-refractivity contribution is 5.81. The van der Waals surface area contributed by atoms with Crippen LogP contribution in [0.2, 0.25) is 0 Å². The summed E-state index contributed by atoms with van der Waals surface area (Å²) in [7, 11) is 0. The number of amides is 1. The van der Waals surface area contributed by atoms with Gasteiger partial charge in [0.1, 0.15) is 0 Å². The van der Waals surface area contributed by atoms with Crippen LogP contribution in [0.15, 0.2) is 0 Å². The maximum atomic E-state index is 11.9. The molecule has 0 spiro atoms. The van der Waals surface area contributed by atoms with Crippen molar-refractivity contribution in [2.45, 2.75) is 25.6 Å². The van der Waals surface area contributed by atoms with Gasteiger partial charge in [-0.25, -0.2) is 0 Å². The van der Waals surface area contributed by atoms with E-state index >= 15 is 0 Å². The molecule has 1 unspecified atom stereocenters. The Hall–Kier alpha value is -0.780. The van der Waals surface area contributed by atoms with Gasteiger partial charge < -0.3 is 10.6 Å². The minimum atomic E-state index is -4.77. The van der Waals surface area contributed by atoms with Gasteiger partial charge in [0.2, 0.25) is 0 Å². The highest BCUT2D eigenvalue weighted by Crippen LogP contribution is 2.17. The van der Waals surface area contributed by atoms with Crippen LogP contribution in [0.5, 0.6) is 0 Å². The van der Waals surface area contributed by atoms with Crippen molar-refractivity contribution in [3.05, 3.63) is 0 Å². The first-order chi connectivity index (χ1) is 6.41. The molecule has 1 aliphatic rings. The third-order valence-corrected chi connectivity index (χ3v) is 2.36. The first kappa shape index (κ1) is 11.3. The van der Waals surface area contributed by atoms with Crippen LogP contribution < -0.4 is 10.6 Å². The molecule has 1 rings (SSSR count). The van der Waals surface area contributed by atoms with Gasteiger partial charge in [0.05, 0.1) is 0 Å². The number of piperidine rings is 1. The van der Waals surface area contributed by atoms with E-state index in [9.17, 15) is 18.0 Å². The Balaban J connectivity index is 2.46. The second kappa shape index (κ2) is 4.16. The fourth-order valence-electron chi connectivity index (χ4n) is 1.48. The topological polar surface area (TPSA) is 41.1 Å². The summed E-state index contributed by atoms with van der Waals surface area (Å²) in [5, 5.41) is 5.05. The van der Waals surface area contributed by atoms with Crippen molar-refractivity contribution >= 4 is 5.91 Å². The smallest absolute Gasteiger partial charge is 0.345 e. The summed E-state index contributed by atoms with van der Waals surface area (Å²) in [5.41, 5.74) is 0. The third kappa shape index (κ3) is 2.87. The molecule has 0 aromatic rings. The SMILES string of the molecule is C[C@H]1CNCCC1NC(=O)C(F)(F)F. The van der Waals surface area contributed by atoms with Crippen LogP contribution in [-0.4, -0.2) is 31.2 Å². The number of carbonyl (C=O) groups is 1. The lowest BCUT2D eigenvalue weighted by molar-refractivity contribution is -0.174. The van der Waals surface area contributed by atoms with Gasteiger partial charge in [0, 0.05) is 6.04 Å². The lowest BCUT2D eigenvalue weighted by atomic mass is 9.95. The zero-order valence-electron chi connectivity index (χ0n) is 7.82. The molecule has 1 saturated heterocycles. The van der Waals surface area contributed by atoms with Crippen molar-refractivity contribution < 1.29 is 18.0 Å². The van der Waals surface area contributed by atoms with E-state index in [4.69, 9.17) is 0 Å². The molecule has 3 nitrogen and oxygen atoms in total. The number of carbonyl (C=O) groups excluding carboxylic acids is 1. The monoisotopic (exact) mass is 210 g/mol. The molecule has 0 saturated carbocycles. The Morgan fingerprint density at radius 1 is 1.50 bits per heavy atom. The van der Waals surface area contributed by atoms with Crippen LogP contribution in [0.4, 0.5) is 13.2 Å². The summed E-state index contributed by atoms with van der Waals surface area (Å²) in [5.74, 6) is -1.80. The van der Waals surface area contributed by atoms with Gasteiger partial charge in [-0.05, 0) is 25.4 Å². The fraction of sp³-hybridized carbons (Fsp3) is 0.875. The average Bonchev–Trinajstić information content (AvgIpc) is 2.07. The maximum absolute atomic E-state index is 11.9. The highest BCUT2D eigenvalue weighted by Gasteiger charge is 2.40. The Morgan fingerprint density at radius 2 is 2.14 bits per heavy atom. The summed E-state index contributed by atoms with van der Waals surface area (Å²) < 4.78 is 35.7. The van der Waals surface area contributed by atoms with E-state index in [2.05, 4.69) is 5.32 Å². The minimum Gasteiger partial charge on any atom is -0.345 e. The predicted octanol–water partition coefficient (Wildman–Crippen LogP) is 0.663. The lowest BCUT2D eigenvalue weighted by Crippen LogP contribution is -2.51. The second-order valence-corrected chi connectivity index (χ2v) is 3.55. The first-order valence-corrected chi connectivity index (χ1v) is 4.49. The summed E-state index contributed by atoms with van der Waals surface area (Å²) >= 11 is 0. The molecule has 0 aromatic carbocycles. The van der Waals surface area contributed by atoms with Crippen molar-refractivity contribution in [1.82, 2.24) is 10.6 Å². The molecule has 0 aliphatic carbocycles. The Kier molecular flexibility index (Phi) is 3.36. The Morgan fingerprint density at radius 3 is 2.64 bits per heavy atom. The number of rotatable bonds is 1. The van der Waals surface area contributed by atoms with E-state index in [1.165, 1.54) is 0 Å². The summed E-state index contributed by atoms with van der Waals surface area (Å²) in [6.07, 6.45) is -4.23. The molecule has 0 bridgehead atoms. The van der Waals surface area contributed by atoms with Gasteiger partial charge in [-0.2, -0.15) is 13.2 Å². The van der Waals surface area contributed by atoms with Crippen LogP contribution >= 0.6 is 0 Å². The van der Waals surface area contributed by atoms with E-state index in [0.29, 0.717) is 19.5 Å². The van der Waals surface area contributed by atoms with E-state index in [-0.39, 0.29) is 12.0 Å². The standard InChI is InChI=1S/C8H13F3N2O/c1-5-4-12-3-2-6(5)13-7(14)8(9,10)11/h5-6,12H,2-4H2,1H3,(H,13,14)/t5-,6?/m0/s1. The normalized spacial score (nSPS) is 28.6. The molecule has 1 amide bonds. The number of hydrogen-bond donors (Lipinski definition) is 2. The predicted molar refractivity (Wildman–Crippen MR) is 44.6 cm³/mol. The van der Waals surface area contributed by atoms with Crippen molar-refractivity contribution in [3.8, 4) is 0 Å². The average molecular weight is 210 g/mol. The van der Waals surface area contributed by atoms with Crippen molar-refractivity contribution in [2.24, 2.45) is 5.92 Å². The molecule has 0 aromatic heterocycles. The molecule has 14 heavy (non-hydrogen) atoms. The van der Waals surface area contributed by atoms with Gasteiger partial charge in [0.25, 0.3) is 0 Å². The molecule has 1 fully saturated rings. The second-order valence-electron chi connectivity index (χ2n) is 3.55. The highest BCUT2D eigenvalue weighted by atomic mass is 19.4. The van der Waals surface area contributed by atoms with Crippen molar-refractivity contribution in [2.75, 3.05) is 13.1 Å². The van der Waals surface area contributed by atoms with Crippen molar-refractivity contribution in [1.29, 1.82) is 0 Å². The first-order valence-electron chi connectivity index (χ1n) is 4.49. The zero-order valence-corrected chi connectivity index (χ0v) is 7.82. The third-order valence-electron chi connectivity index (χ3n) is 2.36. The molecule has 2 N–H and O–H groups in total. The Labute approximate surface area is 80.0 Å². The number of nitrogens with one attached hydrogen (secondary N) is 2. The number of hydrogen-bond acceptors (Lipinski definition) is 2. The van der Waals surface area contributed by atoms with Crippen LogP contribution in [-0.2, 0) is 4.79 Å². The molecule has 0 radical (unpaired) electrons. The number of alkyl halides is 3. The van der Waals surface area contributed by atoms with Crippen LogP contribution in [0.1, 0.15) is 13.3 Å². The summed E-state index contributed by atoms with van der Waals surface area (Å²) in [6, 6.07) is -0.370. The van der Waals surface area contributed by atoms with E-state index in [1.807, 2.05) is 12.2 Å². The van der Waals surface area contributed by atoms with Gasteiger partial charge in [-0.1, -0.05) is 6.92 Å². The lowest BCUT2D eigenvalue weighted by Gasteiger charge is -2.30. The van der Waals surface area contributed by atoms with E-state index < -0.39 is 12.1 Å².